The number of methoxy groups -OCH3 is 1. The number of benzene rings is 2. The van der Waals surface area contributed by atoms with Crippen LogP contribution in [0.1, 0.15) is 35.3 Å². The summed E-state index contributed by atoms with van der Waals surface area (Å²) in [6.07, 6.45) is -3.63. The van der Waals surface area contributed by atoms with Gasteiger partial charge in [0.15, 0.2) is 5.82 Å². The Labute approximate surface area is 279 Å². The van der Waals surface area contributed by atoms with Gasteiger partial charge in [0.25, 0.3) is 12.0 Å². The van der Waals surface area contributed by atoms with Gasteiger partial charge in [-0.3, -0.25) is 24.4 Å². The minimum Gasteiger partial charge on any atom is -0.483 e. The first-order chi connectivity index (χ1) is 23.2. The average Bonchev–Trinajstić information content (AvgIpc) is 3.01. The van der Waals surface area contributed by atoms with Gasteiger partial charge in [0.05, 0.1) is 24.6 Å². The molecule has 1 heterocycles. The van der Waals surface area contributed by atoms with Crippen molar-refractivity contribution in [1.82, 2.24) is 14.9 Å². The molecule has 21 heteroatoms. The van der Waals surface area contributed by atoms with Crippen LogP contribution < -0.4 is 27.7 Å². The summed E-state index contributed by atoms with van der Waals surface area (Å²) in [7, 11) is 1.26. The van der Waals surface area contributed by atoms with Crippen molar-refractivity contribution in [2.24, 2.45) is 5.73 Å². The van der Waals surface area contributed by atoms with E-state index in [1.807, 2.05) is 13.8 Å². The molecule has 0 spiro atoms. The molecule has 0 saturated heterocycles. The zero-order valence-electron chi connectivity index (χ0n) is 26.4. The van der Waals surface area contributed by atoms with Crippen molar-refractivity contribution in [2.75, 3.05) is 18.2 Å². The molecule has 1 aromatic heterocycles. The van der Waals surface area contributed by atoms with Crippen LogP contribution in [0.25, 0.3) is 11.3 Å². The van der Waals surface area contributed by atoms with Crippen molar-refractivity contribution in [3.63, 3.8) is 0 Å². The van der Waals surface area contributed by atoms with Gasteiger partial charge in [-0.2, -0.15) is 26.3 Å². The third-order valence-electron chi connectivity index (χ3n) is 5.45. The number of amidine groups is 1. The lowest BCUT2D eigenvalue weighted by atomic mass is 10.1. The maximum atomic E-state index is 13.3. The second kappa shape index (κ2) is 21.0. The van der Waals surface area contributed by atoms with E-state index in [2.05, 4.69) is 15.6 Å². The minimum absolute atomic E-state index is 0.0436. The van der Waals surface area contributed by atoms with Crippen molar-refractivity contribution in [1.29, 1.82) is 5.41 Å². The Bertz CT molecular complexity index is 1660. The van der Waals surface area contributed by atoms with E-state index in [4.69, 9.17) is 41.4 Å². The van der Waals surface area contributed by atoms with E-state index in [-0.39, 0.29) is 48.5 Å². The number of anilines is 2. The van der Waals surface area contributed by atoms with Crippen molar-refractivity contribution in [3.05, 3.63) is 75.7 Å². The molecule has 3 rings (SSSR count). The lowest BCUT2D eigenvalue weighted by molar-refractivity contribution is -0.192. The normalized spacial score (nSPS) is 10.2. The summed E-state index contributed by atoms with van der Waals surface area (Å²) < 4.78 is 66.8. The van der Waals surface area contributed by atoms with Crippen LogP contribution in [0.3, 0.4) is 0 Å². The smallest absolute Gasteiger partial charge is 0.483 e. The molecule has 3 aromatic rings. The quantitative estimate of drug-likeness (QED) is 0.0420. The molecular formula is C29H33F6N7O8. The predicted molar refractivity (Wildman–Crippen MR) is 167 cm³/mol. The molecule has 0 radical (unpaired) electrons. The number of amides is 1. The maximum Gasteiger partial charge on any atom is 0.490 e. The molecule has 50 heavy (non-hydrogen) atoms. The van der Waals surface area contributed by atoms with Crippen molar-refractivity contribution in [3.8, 4) is 11.3 Å². The maximum absolute atomic E-state index is 13.3. The topological polar surface area (TPSA) is 253 Å². The van der Waals surface area contributed by atoms with Crippen LogP contribution in [-0.2, 0) is 32.2 Å². The number of carboxylic acid groups (broad SMARTS) is 2. The van der Waals surface area contributed by atoms with E-state index >= 15 is 0 Å². The summed E-state index contributed by atoms with van der Waals surface area (Å²) >= 11 is 0. The van der Waals surface area contributed by atoms with Crippen LogP contribution in [0.4, 0.5) is 37.8 Å². The van der Waals surface area contributed by atoms with Gasteiger partial charge < -0.3 is 37.1 Å². The number of carbonyl (C=O) groups is 4. The summed E-state index contributed by atoms with van der Waals surface area (Å²) in [5.41, 5.74) is 13.6. The van der Waals surface area contributed by atoms with Gasteiger partial charge >= 0.3 is 24.8 Å². The number of alkyl halides is 6. The van der Waals surface area contributed by atoms with Crippen LogP contribution in [0.2, 0.25) is 0 Å². The summed E-state index contributed by atoms with van der Waals surface area (Å²) in [6, 6.07) is 11.4. The van der Waals surface area contributed by atoms with Gasteiger partial charge in [0, 0.05) is 29.4 Å². The molecule has 0 atom stereocenters. The highest BCUT2D eigenvalue weighted by atomic mass is 19.4. The zero-order valence-corrected chi connectivity index (χ0v) is 26.4. The number of hydrogen-bond donors (Lipinski definition) is 7. The van der Waals surface area contributed by atoms with Crippen LogP contribution in [0, 0.1) is 5.41 Å². The number of carboxylic acids is 1. The van der Waals surface area contributed by atoms with Crippen molar-refractivity contribution < 1.29 is 60.5 Å². The first kappa shape index (κ1) is 43.8. The Morgan fingerprint density at radius 2 is 1.60 bits per heavy atom. The Morgan fingerprint density at radius 3 is 2.04 bits per heavy atom. The number of nitrogens with zero attached hydrogens (tertiary/aromatic N) is 2. The molecule has 1 amide bonds. The van der Waals surface area contributed by atoms with Crippen LogP contribution in [0.15, 0.2) is 53.5 Å². The van der Waals surface area contributed by atoms with E-state index in [1.54, 1.807) is 30.3 Å². The fourth-order valence-electron chi connectivity index (χ4n) is 3.49. The van der Waals surface area contributed by atoms with Crippen LogP contribution in [-0.4, -0.2) is 75.9 Å². The molecule has 2 aromatic carbocycles. The van der Waals surface area contributed by atoms with E-state index < -0.39 is 36.3 Å². The van der Waals surface area contributed by atoms with E-state index in [9.17, 15) is 40.7 Å². The average molecular weight is 722 g/mol. The van der Waals surface area contributed by atoms with E-state index in [1.165, 1.54) is 30.0 Å². The van der Waals surface area contributed by atoms with Gasteiger partial charge in [-0.1, -0.05) is 24.3 Å². The molecule has 0 saturated carbocycles. The number of nitrogens with two attached hydrogens (primary N) is 2. The number of hydrogen-bond acceptors (Lipinski definition) is 10. The van der Waals surface area contributed by atoms with Gasteiger partial charge in [-0.15, -0.1) is 0 Å². The summed E-state index contributed by atoms with van der Waals surface area (Å²) in [4.78, 5) is 59.7. The number of aliphatic carboxylic acids is 1. The highest BCUT2D eigenvalue weighted by molar-refractivity contribution is 5.95. The number of nitrogen functional groups attached to an aromatic ring is 2. The van der Waals surface area contributed by atoms with E-state index in [0.717, 1.165) is 5.56 Å². The highest BCUT2D eigenvalue weighted by Crippen LogP contribution is 2.24. The van der Waals surface area contributed by atoms with Gasteiger partial charge in [-0.05, 0) is 37.6 Å². The molecule has 0 bridgehead atoms. The number of halogens is 6. The fourth-order valence-corrected chi connectivity index (χ4v) is 3.49. The second-order valence-electron chi connectivity index (χ2n) is 9.56. The Kier molecular flexibility index (Phi) is 18.4. The van der Waals surface area contributed by atoms with Gasteiger partial charge in [-0.25, -0.2) is 14.6 Å². The Balaban J connectivity index is 0.00000145. The SMILES string of the molecule is COC(=O)c1cc(N)cc(-c2cnc(NC(C)C)c(=O)n2CC(=O)NCc2ccc(C(=N)N)cc2)c1.FC(F)F.O=C(O)C(F)(F)F.O=CO. The van der Waals surface area contributed by atoms with Gasteiger partial charge in [0.1, 0.15) is 12.4 Å². The minimum atomic E-state index is -5.08. The third kappa shape index (κ3) is 16.1. The molecule has 274 valence electrons. The highest BCUT2D eigenvalue weighted by Gasteiger charge is 2.38. The van der Waals surface area contributed by atoms with Crippen molar-refractivity contribution in [2.45, 2.75) is 45.8 Å². The fraction of sp³-hybridized carbons (Fsp3) is 0.276. The number of rotatable bonds is 9. The zero-order chi connectivity index (χ0) is 38.8. The van der Waals surface area contributed by atoms with Crippen molar-refractivity contribution >= 4 is 41.7 Å². The molecule has 0 aliphatic rings. The first-order valence-corrected chi connectivity index (χ1v) is 13.5. The molecule has 0 aliphatic carbocycles. The van der Waals surface area contributed by atoms with E-state index in [0.29, 0.717) is 16.8 Å². The van der Waals surface area contributed by atoms with Gasteiger partial charge in [0.2, 0.25) is 5.91 Å². The number of ether oxygens (including phenoxy) is 1. The second-order valence-corrected chi connectivity index (χ2v) is 9.56. The number of esters is 1. The molecule has 9 N–H and O–H groups in total. The number of carbonyl (C=O) groups excluding carboxylic acids is 2. The summed E-state index contributed by atoms with van der Waals surface area (Å²) in [5, 5.41) is 27.3. The van der Waals surface area contributed by atoms with Crippen LogP contribution >= 0.6 is 0 Å². The standard InChI is InChI=1S/C25H29N7O4.C2HF3O2.CHF3.CH2O2/c1-14(2)31-23-24(34)32(13-21(33)29-11-15-4-6-16(7-5-15)22(27)28)20(12-30-23)17-8-18(25(35)36-3)10-19(26)9-17;3-2(4,5)1(6)7;2-1(3)4;2-1-3/h4-10,12,14H,11,13,26H2,1-3H3,(H3,27,28)(H,29,33)(H,30,31);(H,6,7);1H;1H,(H,2,3). The Morgan fingerprint density at radius 1 is 1.08 bits per heavy atom. The Hall–Kier alpha value is -6.15. The first-order valence-electron chi connectivity index (χ1n) is 13.5. The molecule has 0 unspecified atom stereocenters. The predicted octanol–water partition coefficient (Wildman–Crippen LogP) is 3.21. The lowest BCUT2D eigenvalue weighted by Gasteiger charge is -2.17. The largest absolute Gasteiger partial charge is 0.490 e. The molecule has 0 fully saturated rings. The monoisotopic (exact) mass is 721 g/mol. The molecule has 0 aliphatic heterocycles. The molecular weight excluding hydrogens is 688 g/mol. The summed E-state index contributed by atoms with van der Waals surface area (Å²) in [6.45, 7) is -0.264. The number of nitrogens with one attached hydrogen (secondary N) is 3. The molecule has 15 nitrogen and oxygen atoms in total. The lowest BCUT2D eigenvalue weighted by Crippen LogP contribution is -2.35. The number of aromatic nitrogens is 2. The third-order valence-corrected chi connectivity index (χ3v) is 5.45. The van der Waals surface area contributed by atoms with Crippen LogP contribution in [0.5, 0.6) is 0 Å². The summed E-state index contributed by atoms with van der Waals surface area (Å²) in [5.74, 6) is -3.70.